The normalized spacial score (nSPS) is 25.8. The predicted molar refractivity (Wildman–Crippen MR) is 71.4 cm³/mol. The molecule has 2 atom stereocenters. The number of piperidine rings is 1. The van der Waals surface area contributed by atoms with Gasteiger partial charge >= 0.3 is 0 Å². The maximum Gasteiger partial charge on any atom is 0.142 e. The van der Waals surface area contributed by atoms with Crippen molar-refractivity contribution in [2.75, 3.05) is 33.0 Å². The Bertz CT molecular complexity index is 392. The Morgan fingerprint density at radius 1 is 1.41 bits per heavy atom. The number of anilines is 1. The molecule has 3 heteroatoms. The van der Waals surface area contributed by atoms with E-state index < -0.39 is 0 Å². The molecule has 1 heterocycles. The maximum absolute atomic E-state index is 5.85. The highest BCUT2D eigenvalue weighted by atomic mass is 16.5. The van der Waals surface area contributed by atoms with Crippen molar-refractivity contribution in [3.63, 3.8) is 0 Å². The van der Waals surface area contributed by atoms with Gasteiger partial charge < -0.3 is 15.4 Å². The smallest absolute Gasteiger partial charge is 0.142 e. The zero-order valence-corrected chi connectivity index (χ0v) is 10.9. The summed E-state index contributed by atoms with van der Waals surface area (Å²) in [5.41, 5.74) is 7.93. The van der Waals surface area contributed by atoms with Gasteiger partial charge in [0.05, 0.1) is 12.8 Å². The minimum absolute atomic E-state index is 0.626. The van der Waals surface area contributed by atoms with Crippen molar-refractivity contribution in [3.8, 4) is 5.75 Å². The van der Waals surface area contributed by atoms with Crippen LogP contribution in [-0.2, 0) is 0 Å². The van der Waals surface area contributed by atoms with Gasteiger partial charge in [-0.25, -0.2) is 0 Å². The molecule has 0 saturated carbocycles. The summed E-state index contributed by atoms with van der Waals surface area (Å²) in [7, 11) is 3.86. The second-order valence-corrected chi connectivity index (χ2v) is 5.14. The first-order chi connectivity index (χ1) is 8.11. The van der Waals surface area contributed by atoms with Crippen LogP contribution < -0.4 is 10.5 Å². The summed E-state index contributed by atoms with van der Waals surface area (Å²) >= 11 is 0. The number of likely N-dealkylation sites (tertiary alicyclic amines) is 1. The van der Waals surface area contributed by atoms with E-state index in [0.717, 1.165) is 18.0 Å². The largest absolute Gasteiger partial charge is 0.495 e. The molecule has 0 aromatic heterocycles. The number of hydrogen-bond acceptors (Lipinski definition) is 3. The van der Waals surface area contributed by atoms with E-state index in [-0.39, 0.29) is 0 Å². The summed E-state index contributed by atoms with van der Waals surface area (Å²) in [6.07, 6.45) is 1.21. The van der Waals surface area contributed by atoms with E-state index in [1.54, 1.807) is 7.11 Å². The summed E-state index contributed by atoms with van der Waals surface area (Å²) < 4.78 is 5.30. The molecular weight excluding hydrogens is 212 g/mol. The van der Waals surface area contributed by atoms with Crippen LogP contribution in [0.25, 0.3) is 0 Å². The topological polar surface area (TPSA) is 38.5 Å². The van der Waals surface area contributed by atoms with E-state index >= 15 is 0 Å². The van der Waals surface area contributed by atoms with Crippen LogP contribution in [0.1, 0.15) is 24.8 Å². The highest BCUT2D eigenvalue weighted by Crippen LogP contribution is 2.35. The van der Waals surface area contributed by atoms with Gasteiger partial charge in [-0.1, -0.05) is 13.0 Å². The lowest BCUT2D eigenvalue weighted by Crippen LogP contribution is -2.35. The van der Waals surface area contributed by atoms with Gasteiger partial charge in [-0.2, -0.15) is 0 Å². The average molecular weight is 234 g/mol. The Balaban J connectivity index is 2.22. The molecule has 1 saturated heterocycles. The Morgan fingerprint density at radius 3 is 2.82 bits per heavy atom. The van der Waals surface area contributed by atoms with Crippen LogP contribution in [0.2, 0.25) is 0 Å². The minimum atomic E-state index is 0.626. The Labute approximate surface area is 104 Å². The molecule has 0 aliphatic carbocycles. The highest BCUT2D eigenvalue weighted by molar-refractivity contribution is 5.54. The van der Waals surface area contributed by atoms with Crippen molar-refractivity contribution in [1.82, 2.24) is 4.90 Å². The summed E-state index contributed by atoms with van der Waals surface area (Å²) in [4.78, 5) is 2.40. The number of benzene rings is 1. The molecule has 3 nitrogen and oxygen atoms in total. The zero-order chi connectivity index (χ0) is 12.4. The molecule has 0 spiro atoms. The van der Waals surface area contributed by atoms with Gasteiger partial charge in [0.15, 0.2) is 0 Å². The molecule has 2 unspecified atom stereocenters. The lowest BCUT2D eigenvalue weighted by Gasteiger charge is -2.35. The molecule has 94 valence electrons. The van der Waals surface area contributed by atoms with Gasteiger partial charge in [-0.3, -0.25) is 0 Å². The molecule has 2 N–H and O–H groups in total. The number of nitrogen functional groups attached to an aromatic ring is 1. The van der Waals surface area contributed by atoms with Gasteiger partial charge in [-0.05, 0) is 49.5 Å². The molecule has 1 aliphatic heterocycles. The summed E-state index contributed by atoms with van der Waals surface area (Å²) in [5, 5.41) is 0. The van der Waals surface area contributed by atoms with Crippen molar-refractivity contribution in [1.29, 1.82) is 0 Å². The zero-order valence-electron chi connectivity index (χ0n) is 10.9. The van der Waals surface area contributed by atoms with Crippen molar-refractivity contribution >= 4 is 5.69 Å². The highest BCUT2D eigenvalue weighted by Gasteiger charge is 2.25. The number of ether oxygens (including phenoxy) is 1. The van der Waals surface area contributed by atoms with Gasteiger partial charge in [0.1, 0.15) is 5.75 Å². The van der Waals surface area contributed by atoms with E-state index in [9.17, 15) is 0 Å². The number of hydrogen-bond donors (Lipinski definition) is 1. The van der Waals surface area contributed by atoms with Gasteiger partial charge in [-0.15, -0.1) is 0 Å². The molecule has 1 aromatic carbocycles. The first kappa shape index (κ1) is 12.2. The molecule has 2 rings (SSSR count). The van der Waals surface area contributed by atoms with Gasteiger partial charge in [0, 0.05) is 6.54 Å². The minimum Gasteiger partial charge on any atom is -0.495 e. The second kappa shape index (κ2) is 4.96. The molecule has 0 radical (unpaired) electrons. The van der Waals surface area contributed by atoms with Crippen molar-refractivity contribution < 1.29 is 4.74 Å². The summed E-state index contributed by atoms with van der Waals surface area (Å²) in [6, 6.07) is 6.20. The van der Waals surface area contributed by atoms with Crippen LogP contribution >= 0.6 is 0 Å². The first-order valence-corrected chi connectivity index (χ1v) is 6.23. The van der Waals surface area contributed by atoms with Gasteiger partial charge in [0.2, 0.25) is 0 Å². The average Bonchev–Trinajstić information content (AvgIpc) is 2.30. The summed E-state index contributed by atoms with van der Waals surface area (Å²) in [6.45, 7) is 4.65. The van der Waals surface area contributed by atoms with Crippen LogP contribution in [0.15, 0.2) is 18.2 Å². The van der Waals surface area contributed by atoms with E-state index in [1.165, 1.54) is 18.5 Å². The molecule has 1 fully saturated rings. The van der Waals surface area contributed by atoms with Crippen molar-refractivity contribution in [3.05, 3.63) is 23.8 Å². The van der Waals surface area contributed by atoms with Crippen molar-refractivity contribution in [2.24, 2.45) is 5.92 Å². The van der Waals surface area contributed by atoms with E-state index in [4.69, 9.17) is 10.5 Å². The Hall–Kier alpha value is -1.22. The maximum atomic E-state index is 5.85. The van der Waals surface area contributed by atoms with Crippen LogP contribution in [-0.4, -0.2) is 32.1 Å². The van der Waals surface area contributed by atoms with Crippen LogP contribution in [0.5, 0.6) is 5.75 Å². The Morgan fingerprint density at radius 2 is 2.18 bits per heavy atom. The fourth-order valence-corrected chi connectivity index (χ4v) is 2.81. The number of nitrogens with zero attached hydrogens (tertiary/aromatic N) is 1. The fourth-order valence-electron chi connectivity index (χ4n) is 2.81. The van der Waals surface area contributed by atoms with Crippen molar-refractivity contribution in [2.45, 2.75) is 19.3 Å². The monoisotopic (exact) mass is 234 g/mol. The fraction of sp³-hybridized carbons (Fsp3) is 0.571. The lowest BCUT2D eigenvalue weighted by molar-refractivity contribution is 0.195. The number of methoxy groups -OCH3 is 1. The standard InChI is InChI=1S/C14H22N2O/c1-10-9-16(2)7-6-12(10)11-4-5-13(15)14(8-11)17-3/h4-5,8,10,12H,6-7,9,15H2,1-3H3. The molecule has 0 amide bonds. The quantitative estimate of drug-likeness (QED) is 0.798. The van der Waals surface area contributed by atoms with Crippen LogP contribution in [0.4, 0.5) is 5.69 Å². The van der Waals surface area contributed by atoms with E-state index in [1.807, 2.05) is 6.07 Å². The van der Waals surface area contributed by atoms with E-state index in [2.05, 4.69) is 31.0 Å². The number of nitrogens with two attached hydrogens (primary N) is 1. The molecule has 0 bridgehead atoms. The molecule has 17 heavy (non-hydrogen) atoms. The van der Waals surface area contributed by atoms with Gasteiger partial charge in [0.25, 0.3) is 0 Å². The lowest BCUT2D eigenvalue weighted by atomic mass is 9.81. The second-order valence-electron chi connectivity index (χ2n) is 5.14. The molecule has 1 aromatic rings. The Kier molecular flexibility index (Phi) is 3.57. The third-order valence-electron chi connectivity index (χ3n) is 3.79. The third kappa shape index (κ3) is 2.55. The van der Waals surface area contributed by atoms with Crippen LogP contribution in [0.3, 0.4) is 0 Å². The number of rotatable bonds is 2. The predicted octanol–water partition coefficient (Wildman–Crippen LogP) is 2.33. The summed E-state index contributed by atoms with van der Waals surface area (Å²) in [5.74, 6) is 2.11. The first-order valence-electron chi connectivity index (χ1n) is 6.23. The van der Waals surface area contributed by atoms with Crippen LogP contribution in [0, 0.1) is 5.92 Å². The van der Waals surface area contributed by atoms with E-state index in [0.29, 0.717) is 11.8 Å². The SMILES string of the molecule is COc1cc(C2CCN(C)CC2C)ccc1N. The molecule has 1 aliphatic rings. The molecular formula is C14H22N2O. The third-order valence-corrected chi connectivity index (χ3v) is 3.79.